The smallest absolute Gasteiger partial charge is 0.319 e. The van der Waals surface area contributed by atoms with Gasteiger partial charge in [-0.25, -0.2) is 18.2 Å². The number of halogens is 4. The highest BCUT2D eigenvalue weighted by Gasteiger charge is 2.33. The molecule has 39 heavy (non-hydrogen) atoms. The number of likely N-dealkylation sites (N-methyl/N-ethyl adjacent to an activating group) is 1. The van der Waals surface area contributed by atoms with Crippen molar-refractivity contribution >= 4 is 55.0 Å². The number of fused-ring (bicyclic) bond motifs is 2. The van der Waals surface area contributed by atoms with Gasteiger partial charge < -0.3 is 20.3 Å². The SMILES string of the molecule is CN1CCC[C@H]1COc1nc(N2CCCC(F)(F)CC2)c2cc(Cl)c(-c3cccc4sc(N)nc34)c(F)c2n1. The standard InChI is InChI=1S/C27H28ClF3N6OS/c1-36-10-3-5-15(36)14-38-26-34-23-17(24(35-26)37-11-4-8-27(30,31)9-12-37)13-18(28)20(21(23)29)16-6-2-7-19-22(16)33-25(32)39-19/h2,6-7,13,15H,3-5,8-12,14H2,1H3,(H2,32,33)/t15-/m0/s1. The maximum Gasteiger partial charge on any atom is 0.319 e. The number of para-hydroxylation sites is 1. The molecule has 0 bridgehead atoms. The highest BCUT2D eigenvalue weighted by molar-refractivity contribution is 7.22. The van der Waals surface area contributed by atoms with Crippen molar-refractivity contribution in [2.45, 2.75) is 44.1 Å². The molecular weight excluding hydrogens is 549 g/mol. The number of alkyl halides is 2. The molecule has 1 atom stereocenters. The second-order valence-corrected chi connectivity index (χ2v) is 11.7. The first-order valence-electron chi connectivity index (χ1n) is 13.0. The van der Waals surface area contributed by atoms with Gasteiger partial charge in [-0.05, 0) is 45.0 Å². The van der Waals surface area contributed by atoms with Crippen molar-refractivity contribution in [1.82, 2.24) is 19.9 Å². The minimum atomic E-state index is -2.76. The lowest BCUT2D eigenvalue weighted by Gasteiger charge is -2.25. The average molecular weight is 577 g/mol. The Labute approximate surface area is 232 Å². The number of thiazole rings is 1. The van der Waals surface area contributed by atoms with Gasteiger partial charge in [-0.2, -0.15) is 9.97 Å². The Kier molecular flexibility index (Phi) is 6.93. The number of nitrogens with two attached hydrogens (primary N) is 1. The lowest BCUT2D eigenvalue weighted by Crippen LogP contribution is -2.31. The zero-order valence-electron chi connectivity index (χ0n) is 21.4. The molecule has 0 amide bonds. The fourth-order valence-electron chi connectivity index (χ4n) is 5.52. The molecule has 0 spiro atoms. The fourth-order valence-corrected chi connectivity index (χ4v) is 6.57. The quantitative estimate of drug-likeness (QED) is 0.295. The molecule has 2 fully saturated rings. The molecule has 6 rings (SSSR count). The van der Waals surface area contributed by atoms with E-state index in [9.17, 15) is 8.78 Å². The molecule has 2 aliphatic rings. The van der Waals surface area contributed by atoms with Crippen molar-refractivity contribution in [1.29, 1.82) is 0 Å². The number of ether oxygens (including phenoxy) is 1. The van der Waals surface area contributed by atoms with Crippen LogP contribution in [0.3, 0.4) is 0 Å². The van der Waals surface area contributed by atoms with Gasteiger partial charge in [-0.3, -0.25) is 0 Å². The van der Waals surface area contributed by atoms with Gasteiger partial charge in [0, 0.05) is 48.5 Å². The molecule has 7 nitrogen and oxygen atoms in total. The first kappa shape index (κ1) is 26.3. The van der Waals surface area contributed by atoms with Crippen LogP contribution in [0.15, 0.2) is 24.3 Å². The minimum absolute atomic E-state index is 0.0112. The van der Waals surface area contributed by atoms with E-state index in [2.05, 4.69) is 19.9 Å². The summed E-state index contributed by atoms with van der Waals surface area (Å²) in [5.74, 6) is -3.06. The zero-order chi connectivity index (χ0) is 27.3. The van der Waals surface area contributed by atoms with Crippen LogP contribution in [0.4, 0.5) is 24.1 Å². The normalized spacial score (nSPS) is 20.1. The summed E-state index contributed by atoms with van der Waals surface area (Å²) in [4.78, 5) is 17.5. The molecule has 0 radical (unpaired) electrons. The van der Waals surface area contributed by atoms with E-state index in [4.69, 9.17) is 22.1 Å². The third-order valence-corrected chi connectivity index (χ3v) is 8.79. The van der Waals surface area contributed by atoms with Crippen LogP contribution >= 0.6 is 22.9 Å². The summed E-state index contributed by atoms with van der Waals surface area (Å²) in [5, 5.41) is 0.858. The van der Waals surface area contributed by atoms with Crippen LogP contribution in [0, 0.1) is 5.82 Å². The van der Waals surface area contributed by atoms with E-state index in [0.717, 1.165) is 24.1 Å². The molecule has 2 aromatic carbocycles. The van der Waals surface area contributed by atoms with Crippen LogP contribution in [-0.2, 0) is 0 Å². The Morgan fingerprint density at radius 3 is 2.77 bits per heavy atom. The molecule has 0 saturated carbocycles. The summed E-state index contributed by atoms with van der Waals surface area (Å²) in [6, 6.07) is 7.21. The maximum absolute atomic E-state index is 16.5. The minimum Gasteiger partial charge on any atom is -0.462 e. The van der Waals surface area contributed by atoms with E-state index in [1.54, 1.807) is 23.1 Å². The van der Waals surface area contributed by atoms with Crippen molar-refractivity contribution in [3.8, 4) is 17.1 Å². The van der Waals surface area contributed by atoms with Crippen LogP contribution in [0.25, 0.3) is 32.2 Å². The predicted molar refractivity (Wildman–Crippen MR) is 150 cm³/mol. The topological polar surface area (TPSA) is 80.4 Å². The molecule has 0 unspecified atom stereocenters. The Balaban J connectivity index is 1.49. The predicted octanol–water partition coefficient (Wildman–Crippen LogP) is 6.38. The number of nitrogens with zero attached hydrogens (tertiary/aromatic N) is 5. The number of benzene rings is 2. The Hall–Kier alpha value is -2.89. The summed E-state index contributed by atoms with van der Waals surface area (Å²) < 4.78 is 51.6. The molecule has 2 aliphatic heterocycles. The Morgan fingerprint density at radius 1 is 1.13 bits per heavy atom. The molecule has 2 N–H and O–H groups in total. The highest BCUT2D eigenvalue weighted by atomic mass is 35.5. The van der Waals surface area contributed by atoms with Crippen LogP contribution in [0.2, 0.25) is 5.02 Å². The lowest BCUT2D eigenvalue weighted by atomic mass is 10.0. The van der Waals surface area contributed by atoms with Gasteiger partial charge in [0.05, 0.1) is 15.2 Å². The monoisotopic (exact) mass is 576 g/mol. The second-order valence-electron chi connectivity index (χ2n) is 10.3. The van der Waals surface area contributed by atoms with Crippen molar-refractivity contribution in [2.75, 3.05) is 43.9 Å². The number of aromatic nitrogens is 3. The van der Waals surface area contributed by atoms with Gasteiger partial charge in [-0.1, -0.05) is 35.1 Å². The van der Waals surface area contributed by atoms with Gasteiger partial charge in [0.1, 0.15) is 17.9 Å². The zero-order valence-corrected chi connectivity index (χ0v) is 23.0. The second kappa shape index (κ2) is 10.3. The first-order chi connectivity index (χ1) is 18.7. The van der Waals surface area contributed by atoms with E-state index < -0.39 is 11.7 Å². The van der Waals surface area contributed by atoms with Gasteiger partial charge in [0.2, 0.25) is 5.92 Å². The van der Waals surface area contributed by atoms with Gasteiger partial charge in [0.15, 0.2) is 10.9 Å². The summed E-state index contributed by atoms with van der Waals surface area (Å²) in [6.45, 7) is 1.75. The van der Waals surface area contributed by atoms with Crippen LogP contribution in [0.5, 0.6) is 6.01 Å². The van der Waals surface area contributed by atoms with Crippen LogP contribution in [0.1, 0.15) is 32.1 Å². The Bertz CT molecular complexity index is 1550. The third kappa shape index (κ3) is 5.07. The first-order valence-corrected chi connectivity index (χ1v) is 14.2. The van der Waals surface area contributed by atoms with E-state index in [1.807, 2.05) is 13.1 Å². The third-order valence-electron chi connectivity index (χ3n) is 7.64. The van der Waals surface area contributed by atoms with E-state index >= 15 is 4.39 Å². The number of likely N-dealkylation sites (tertiary alicyclic amines) is 1. The molecular formula is C27H28ClF3N6OS. The molecule has 12 heteroatoms. The largest absolute Gasteiger partial charge is 0.462 e. The fraction of sp³-hybridized carbons (Fsp3) is 0.444. The van der Waals surface area contributed by atoms with E-state index in [-0.39, 0.29) is 54.0 Å². The van der Waals surface area contributed by atoms with Crippen molar-refractivity contribution in [2.24, 2.45) is 0 Å². The number of hydrogen-bond donors (Lipinski definition) is 1. The van der Waals surface area contributed by atoms with Crippen molar-refractivity contribution in [3.05, 3.63) is 35.1 Å². The lowest BCUT2D eigenvalue weighted by molar-refractivity contribution is -0.0102. The number of nitrogen functional groups attached to an aromatic ring is 1. The molecule has 4 aromatic rings. The maximum atomic E-state index is 16.5. The molecule has 2 saturated heterocycles. The number of anilines is 2. The summed E-state index contributed by atoms with van der Waals surface area (Å²) in [6.07, 6.45) is 1.81. The van der Waals surface area contributed by atoms with Gasteiger partial charge >= 0.3 is 6.01 Å². The molecule has 0 aliphatic carbocycles. The van der Waals surface area contributed by atoms with Crippen molar-refractivity contribution < 1.29 is 17.9 Å². The van der Waals surface area contributed by atoms with Crippen LogP contribution < -0.4 is 15.4 Å². The van der Waals surface area contributed by atoms with Gasteiger partial charge in [0.25, 0.3) is 0 Å². The highest BCUT2D eigenvalue weighted by Crippen LogP contribution is 2.42. The number of rotatable bonds is 5. The summed E-state index contributed by atoms with van der Waals surface area (Å²) in [5.41, 5.74) is 7.14. The summed E-state index contributed by atoms with van der Waals surface area (Å²) >= 11 is 8.02. The van der Waals surface area contributed by atoms with Gasteiger partial charge in [-0.15, -0.1) is 0 Å². The van der Waals surface area contributed by atoms with Crippen molar-refractivity contribution in [3.63, 3.8) is 0 Å². The Morgan fingerprint density at radius 2 is 1.97 bits per heavy atom. The molecule has 206 valence electrons. The van der Waals surface area contributed by atoms with E-state index in [0.29, 0.717) is 40.6 Å². The van der Waals surface area contributed by atoms with Crippen LogP contribution in [-0.4, -0.2) is 65.1 Å². The molecule has 2 aromatic heterocycles. The average Bonchev–Trinajstić information content (AvgIpc) is 3.43. The molecule has 4 heterocycles. The number of hydrogen-bond acceptors (Lipinski definition) is 8. The summed E-state index contributed by atoms with van der Waals surface area (Å²) in [7, 11) is 2.03. The van der Waals surface area contributed by atoms with E-state index in [1.165, 1.54) is 11.3 Å².